The maximum atomic E-state index is 13.4. The van der Waals surface area contributed by atoms with Crippen molar-refractivity contribution in [1.29, 1.82) is 0 Å². The molecule has 8 nitrogen and oxygen atoms in total. The number of hydrogen-bond donors (Lipinski definition) is 4. The summed E-state index contributed by atoms with van der Waals surface area (Å²) in [6.45, 7) is 0.747. The average Bonchev–Trinajstić information content (AvgIpc) is 3.49. The molecular formula is C26H21ClFN5O3S. The van der Waals surface area contributed by atoms with Crippen LogP contribution in [0.1, 0.15) is 16.9 Å². The Hall–Kier alpha value is -3.91. The molecule has 2 aromatic heterocycles. The first-order valence-electron chi connectivity index (χ1n) is 11.4. The van der Waals surface area contributed by atoms with Crippen molar-refractivity contribution in [2.75, 3.05) is 11.9 Å². The van der Waals surface area contributed by atoms with E-state index in [0.29, 0.717) is 40.8 Å². The molecule has 4 aromatic rings. The lowest BCUT2D eigenvalue weighted by Crippen LogP contribution is -2.34. The predicted molar refractivity (Wildman–Crippen MR) is 141 cm³/mol. The van der Waals surface area contributed by atoms with E-state index >= 15 is 0 Å². The number of ether oxygens (including phenoxy) is 1. The van der Waals surface area contributed by atoms with E-state index in [1.165, 1.54) is 29.8 Å². The van der Waals surface area contributed by atoms with Crippen LogP contribution in [0.3, 0.4) is 0 Å². The minimum atomic E-state index is -1.03. The van der Waals surface area contributed by atoms with Gasteiger partial charge in [0.05, 0.1) is 21.3 Å². The summed E-state index contributed by atoms with van der Waals surface area (Å²) in [5, 5.41) is 19.1. The second kappa shape index (κ2) is 11.0. The zero-order chi connectivity index (χ0) is 25.8. The van der Waals surface area contributed by atoms with Gasteiger partial charge in [-0.2, -0.15) is 0 Å². The highest BCUT2D eigenvalue weighted by molar-refractivity contribution is 7.19. The summed E-state index contributed by atoms with van der Waals surface area (Å²) in [6, 6.07) is 13.2. The summed E-state index contributed by atoms with van der Waals surface area (Å²) in [7, 11) is 0. The standard InChI is InChI=1S/C26H21ClFN5O3S/c27-22-10-18(5-7-23(22)36-13-15-2-1-3-16(28)8-15)32-24-21-11-20(37-25(21)31-14-30-24)6-4-17-9-19(12-29-17)33-26(34)35/h1-3,5,7-8,10-11,14,17,19,29,33H,9,12-13H2,(H,34,35)(H,30,31,32)/t17-,19-/m1/s1. The van der Waals surface area contributed by atoms with Gasteiger partial charge in [-0.05, 0) is 48.4 Å². The van der Waals surface area contributed by atoms with Gasteiger partial charge in [0.25, 0.3) is 0 Å². The summed E-state index contributed by atoms with van der Waals surface area (Å²) in [4.78, 5) is 21.2. The molecule has 11 heteroatoms. The molecule has 2 aromatic carbocycles. The second-order valence-corrected chi connectivity index (χ2v) is 9.79. The molecule has 0 unspecified atom stereocenters. The Bertz CT molecular complexity index is 1520. The fraction of sp³-hybridized carbons (Fsp3) is 0.192. The molecular weight excluding hydrogens is 517 g/mol. The van der Waals surface area contributed by atoms with Crippen molar-refractivity contribution >= 4 is 50.8 Å². The third-order valence-corrected chi connectivity index (χ3v) is 6.89. The van der Waals surface area contributed by atoms with Crippen LogP contribution in [0.25, 0.3) is 10.2 Å². The minimum absolute atomic E-state index is 0.0884. The van der Waals surface area contributed by atoms with E-state index in [0.717, 1.165) is 15.1 Å². The number of aromatic nitrogens is 2. The Morgan fingerprint density at radius 3 is 2.97 bits per heavy atom. The van der Waals surface area contributed by atoms with E-state index in [9.17, 15) is 9.18 Å². The van der Waals surface area contributed by atoms with Crippen molar-refractivity contribution in [2.45, 2.75) is 25.1 Å². The van der Waals surface area contributed by atoms with E-state index in [1.54, 1.807) is 24.3 Å². The summed E-state index contributed by atoms with van der Waals surface area (Å²) in [5.41, 5.74) is 1.42. The normalized spacial score (nSPS) is 16.7. The Kier molecular flexibility index (Phi) is 7.37. The molecule has 5 rings (SSSR count). The second-order valence-electron chi connectivity index (χ2n) is 8.35. The molecule has 1 aliphatic rings. The first-order valence-corrected chi connectivity index (χ1v) is 12.5. The Morgan fingerprint density at radius 1 is 1.27 bits per heavy atom. The van der Waals surface area contributed by atoms with E-state index in [4.69, 9.17) is 21.4 Å². The van der Waals surface area contributed by atoms with Gasteiger partial charge >= 0.3 is 6.09 Å². The number of carbonyl (C=O) groups is 1. The molecule has 0 spiro atoms. The minimum Gasteiger partial charge on any atom is -0.487 e. The highest BCUT2D eigenvalue weighted by Gasteiger charge is 2.23. The van der Waals surface area contributed by atoms with Crippen LogP contribution in [0.5, 0.6) is 5.75 Å². The number of halogens is 2. The molecule has 0 radical (unpaired) electrons. The van der Waals surface area contributed by atoms with Crippen molar-refractivity contribution in [3.63, 3.8) is 0 Å². The van der Waals surface area contributed by atoms with Crippen LogP contribution in [0, 0.1) is 17.7 Å². The SMILES string of the molecule is O=C(O)N[C@H]1CN[C@H](C#Cc2cc3c(Nc4ccc(OCc5cccc(F)c5)c(Cl)c4)ncnc3s2)C1. The number of nitrogens with one attached hydrogen (secondary N) is 3. The zero-order valence-electron chi connectivity index (χ0n) is 19.3. The molecule has 4 N–H and O–H groups in total. The van der Waals surface area contributed by atoms with Gasteiger partial charge < -0.3 is 25.8 Å². The third-order valence-electron chi connectivity index (χ3n) is 5.64. The van der Waals surface area contributed by atoms with Gasteiger partial charge in [-0.3, -0.25) is 0 Å². The van der Waals surface area contributed by atoms with Gasteiger partial charge in [-0.15, -0.1) is 11.3 Å². The van der Waals surface area contributed by atoms with E-state index in [1.807, 2.05) is 12.1 Å². The zero-order valence-corrected chi connectivity index (χ0v) is 20.9. The van der Waals surface area contributed by atoms with Gasteiger partial charge in [0.15, 0.2) is 0 Å². The van der Waals surface area contributed by atoms with Crippen LogP contribution in [0.4, 0.5) is 20.7 Å². The average molecular weight is 538 g/mol. The fourth-order valence-corrected chi connectivity index (χ4v) is 5.02. The molecule has 37 heavy (non-hydrogen) atoms. The van der Waals surface area contributed by atoms with Gasteiger partial charge in [-0.25, -0.2) is 19.2 Å². The lowest BCUT2D eigenvalue weighted by atomic mass is 10.2. The largest absolute Gasteiger partial charge is 0.487 e. The van der Waals surface area contributed by atoms with Crippen LogP contribution in [0.15, 0.2) is 54.9 Å². The Balaban J connectivity index is 1.27. The summed E-state index contributed by atoms with van der Waals surface area (Å²) in [6.07, 6.45) is 1.06. The van der Waals surface area contributed by atoms with Crippen molar-refractivity contribution in [2.24, 2.45) is 0 Å². The molecule has 0 saturated carbocycles. The first kappa shape index (κ1) is 24.8. The summed E-state index contributed by atoms with van der Waals surface area (Å²) < 4.78 is 19.1. The maximum Gasteiger partial charge on any atom is 0.404 e. The van der Waals surface area contributed by atoms with Crippen LogP contribution >= 0.6 is 22.9 Å². The number of thiophene rings is 1. The van der Waals surface area contributed by atoms with Gasteiger partial charge in [0.1, 0.15) is 35.1 Å². The monoisotopic (exact) mass is 537 g/mol. The van der Waals surface area contributed by atoms with Crippen molar-refractivity contribution < 1.29 is 19.0 Å². The molecule has 0 aliphatic carbocycles. The van der Waals surface area contributed by atoms with Crippen LogP contribution in [-0.4, -0.2) is 39.8 Å². The number of benzene rings is 2. The number of hydrogen-bond acceptors (Lipinski definition) is 7. The number of carboxylic acid groups (broad SMARTS) is 1. The highest BCUT2D eigenvalue weighted by atomic mass is 35.5. The fourth-order valence-electron chi connectivity index (χ4n) is 3.93. The van der Waals surface area contributed by atoms with Crippen molar-refractivity contribution in [3.05, 3.63) is 76.1 Å². The predicted octanol–water partition coefficient (Wildman–Crippen LogP) is 5.16. The van der Waals surface area contributed by atoms with Crippen LogP contribution in [-0.2, 0) is 6.61 Å². The number of rotatable bonds is 6. The third kappa shape index (κ3) is 6.27. The van der Waals surface area contributed by atoms with E-state index in [-0.39, 0.29) is 24.5 Å². The molecule has 3 heterocycles. The number of fused-ring (bicyclic) bond motifs is 1. The molecule has 188 valence electrons. The highest BCUT2D eigenvalue weighted by Crippen LogP contribution is 2.33. The van der Waals surface area contributed by atoms with Crippen molar-refractivity contribution in [1.82, 2.24) is 20.6 Å². The van der Waals surface area contributed by atoms with E-state index < -0.39 is 6.09 Å². The molecule has 0 bridgehead atoms. The quantitative estimate of drug-likeness (QED) is 0.252. The Labute approximate surface area is 220 Å². The van der Waals surface area contributed by atoms with Crippen LogP contribution < -0.4 is 20.7 Å². The lowest BCUT2D eigenvalue weighted by molar-refractivity contribution is 0.190. The summed E-state index contributed by atoms with van der Waals surface area (Å²) in [5.74, 6) is 7.11. The molecule has 1 aliphatic heterocycles. The number of nitrogens with zero attached hydrogens (tertiary/aromatic N) is 2. The molecule has 2 atom stereocenters. The number of amides is 1. The molecule has 1 saturated heterocycles. The summed E-state index contributed by atoms with van der Waals surface area (Å²) >= 11 is 7.88. The smallest absolute Gasteiger partial charge is 0.404 e. The Morgan fingerprint density at radius 2 is 2.16 bits per heavy atom. The van der Waals surface area contributed by atoms with Crippen molar-refractivity contribution in [3.8, 4) is 17.6 Å². The lowest BCUT2D eigenvalue weighted by Gasteiger charge is -2.11. The number of anilines is 2. The van der Waals surface area contributed by atoms with Gasteiger partial charge in [0, 0.05) is 18.3 Å². The van der Waals surface area contributed by atoms with E-state index in [2.05, 4.69) is 37.8 Å². The van der Waals surface area contributed by atoms with Gasteiger partial charge in [-0.1, -0.05) is 35.6 Å². The maximum absolute atomic E-state index is 13.4. The molecule has 1 fully saturated rings. The molecule has 1 amide bonds. The topological polar surface area (TPSA) is 108 Å². The van der Waals surface area contributed by atoms with Gasteiger partial charge in [0.2, 0.25) is 0 Å². The first-order chi connectivity index (χ1) is 17.9. The van der Waals surface area contributed by atoms with Crippen LogP contribution in [0.2, 0.25) is 5.02 Å².